The van der Waals surface area contributed by atoms with Crippen molar-refractivity contribution in [1.82, 2.24) is 5.32 Å². The van der Waals surface area contributed by atoms with E-state index >= 15 is 0 Å². The maximum absolute atomic E-state index is 12.7. The molecule has 0 aliphatic carbocycles. The van der Waals surface area contributed by atoms with Crippen molar-refractivity contribution in [1.29, 1.82) is 0 Å². The quantitative estimate of drug-likeness (QED) is 0.677. The molecule has 0 bridgehead atoms. The summed E-state index contributed by atoms with van der Waals surface area (Å²) in [6.07, 6.45) is 2.72. The topological polar surface area (TPSA) is 41.5 Å². The van der Waals surface area contributed by atoms with Gasteiger partial charge in [0.05, 0.1) is 13.2 Å². The minimum Gasteiger partial charge on any atom is -0.494 e. The fourth-order valence-corrected chi connectivity index (χ4v) is 1.83. The van der Waals surface area contributed by atoms with Gasteiger partial charge in [0.2, 0.25) is 0 Å². The van der Waals surface area contributed by atoms with Crippen LogP contribution in [0.4, 0.5) is 4.39 Å². The molecule has 0 fully saturated rings. The summed E-state index contributed by atoms with van der Waals surface area (Å²) >= 11 is 0. The van der Waals surface area contributed by atoms with Gasteiger partial charge in [0.1, 0.15) is 11.6 Å². The highest BCUT2D eigenvalue weighted by Crippen LogP contribution is 2.14. The van der Waals surface area contributed by atoms with Crippen LogP contribution in [0.1, 0.15) is 33.1 Å². The van der Waals surface area contributed by atoms with Gasteiger partial charge in [0.25, 0.3) is 0 Å². The summed E-state index contributed by atoms with van der Waals surface area (Å²) in [6, 6.07) is 6.01. The molecule has 1 atom stereocenters. The fourth-order valence-electron chi connectivity index (χ4n) is 1.83. The smallest absolute Gasteiger partial charge is 0.123 e. The molecule has 1 rings (SSSR count). The first-order valence-corrected chi connectivity index (χ1v) is 6.84. The number of benzene rings is 1. The van der Waals surface area contributed by atoms with Gasteiger partial charge in [-0.1, -0.05) is 6.92 Å². The van der Waals surface area contributed by atoms with Crippen LogP contribution < -0.4 is 10.1 Å². The third kappa shape index (κ3) is 6.03. The van der Waals surface area contributed by atoms with E-state index in [1.165, 1.54) is 12.1 Å². The lowest BCUT2D eigenvalue weighted by Crippen LogP contribution is -2.46. The number of halogens is 1. The van der Waals surface area contributed by atoms with Crippen molar-refractivity contribution >= 4 is 0 Å². The Labute approximate surface area is 114 Å². The Kier molecular flexibility index (Phi) is 6.81. The maximum atomic E-state index is 12.7. The van der Waals surface area contributed by atoms with E-state index in [-0.39, 0.29) is 18.0 Å². The summed E-state index contributed by atoms with van der Waals surface area (Å²) in [5.41, 5.74) is -0.248. The van der Waals surface area contributed by atoms with E-state index < -0.39 is 0 Å². The minimum atomic E-state index is -0.260. The molecule has 0 amide bonds. The molecular formula is C15H24FNO2. The van der Waals surface area contributed by atoms with E-state index in [1.54, 1.807) is 12.1 Å². The molecule has 0 saturated carbocycles. The summed E-state index contributed by atoms with van der Waals surface area (Å²) in [4.78, 5) is 0. The Morgan fingerprint density at radius 2 is 2.00 bits per heavy atom. The zero-order valence-corrected chi connectivity index (χ0v) is 11.8. The Morgan fingerprint density at radius 3 is 2.58 bits per heavy atom. The summed E-state index contributed by atoms with van der Waals surface area (Å²) in [6.45, 7) is 5.69. The van der Waals surface area contributed by atoms with Crippen LogP contribution in [-0.4, -0.2) is 30.4 Å². The van der Waals surface area contributed by atoms with Crippen molar-refractivity contribution in [2.45, 2.75) is 38.6 Å². The number of hydrogen-bond acceptors (Lipinski definition) is 3. The Hall–Kier alpha value is -1.13. The van der Waals surface area contributed by atoms with Gasteiger partial charge in [-0.3, -0.25) is 0 Å². The molecule has 0 aliphatic heterocycles. The highest BCUT2D eigenvalue weighted by Gasteiger charge is 2.21. The molecule has 19 heavy (non-hydrogen) atoms. The molecule has 0 saturated heterocycles. The van der Waals surface area contributed by atoms with Gasteiger partial charge in [-0.15, -0.1) is 0 Å². The van der Waals surface area contributed by atoms with Gasteiger partial charge in [-0.2, -0.15) is 0 Å². The monoisotopic (exact) mass is 269 g/mol. The van der Waals surface area contributed by atoms with Gasteiger partial charge >= 0.3 is 0 Å². The zero-order chi connectivity index (χ0) is 14.1. The lowest BCUT2D eigenvalue weighted by atomic mass is 9.97. The summed E-state index contributed by atoms with van der Waals surface area (Å²) < 4.78 is 18.2. The second-order valence-corrected chi connectivity index (χ2v) is 5.05. The van der Waals surface area contributed by atoms with Crippen LogP contribution in [-0.2, 0) is 0 Å². The maximum Gasteiger partial charge on any atom is 0.123 e. The lowest BCUT2D eigenvalue weighted by molar-refractivity contribution is 0.156. The van der Waals surface area contributed by atoms with Crippen LogP contribution in [0.25, 0.3) is 0 Å². The van der Waals surface area contributed by atoms with E-state index in [9.17, 15) is 9.50 Å². The van der Waals surface area contributed by atoms with E-state index in [0.29, 0.717) is 12.4 Å². The second kappa shape index (κ2) is 8.12. The number of ether oxygens (including phenoxy) is 1. The third-order valence-corrected chi connectivity index (χ3v) is 3.11. The summed E-state index contributed by atoms with van der Waals surface area (Å²) in [5.74, 6) is 0.414. The first-order chi connectivity index (χ1) is 9.09. The standard InChI is InChI=1S/C15H24FNO2/c1-3-10-17-15(2,12-18)9-4-11-19-14-7-5-13(16)6-8-14/h5-8,17-18H,3-4,9-12H2,1-2H3. The molecule has 1 aromatic rings. The van der Waals surface area contributed by atoms with Crippen LogP contribution in [0.3, 0.4) is 0 Å². The highest BCUT2D eigenvalue weighted by molar-refractivity contribution is 5.21. The lowest BCUT2D eigenvalue weighted by Gasteiger charge is -2.28. The molecule has 4 heteroatoms. The fraction of sp³-hybridized carbons (Fsp3) is 0.600. The van der Waals surface area contributed by atoms with Crippen molar-refractivity contribution in [3.63, 3.8) is 0 Å². The van der Waals surface area contributed by atoms with Crippen molar-refractivity contribution in [3.05, 3.63) is 30.1 Å². The Morgan fingerprint density at radius 1 is 1.32 bits per heavy atom. The van der Waals surface area contributed by atoms with Crippen LogP contribution in [0.2, 0.25) is 0 Å². The van der Waals surface area contributed by atoms with Crippen molar-refractivity contribution < 1.29 is 14.2 Å². The molecule has 0 radical (unpaired) electrons. The average molecular weight is 269 g/mol. The van der Waals surface area contributed by atoms with Gasteiger partial charge in [-0.05, 0) is 57.0 Å². The van der Waals surface area contributed by atoms with Crippen LogP contribution in [0, 0.1) is 5.82 Å². The number of rotatable bonds is 9. The molecule has 0 spiro atoms. The number of hydrogen-bond donors (Lipinski definition) is 2. The first-order valence-electron chi connectivity index (χ1n) is 6.84. The molecule has 1 unspecified atom stereocenters. The van der Waals surface area contributed by atoms with Crippen LogP contribution in [0.15, 0.2) is 24.3 Å². The Bertz CT molecular complexity index is 356. The van der Waals surface area contributed by atoms with Gasteiger partial charge in [-0.25, -0.2) is 4.39 Å². The molecule has 3 nitrogen and oxygen atoms in total. The van der Waals surface area contributed by atoms with Gasteiger partial charge in [0.15, 0.2) is 0 Å². The minimum absolute atomic E-state index is 0.115. The first kappa shape index (κ1) is 15.9. The predicted molar refractivity (Wildman–Crippen MR) is 74.9 cm³/mol. The number of aliphatic hydroxyl groups is 1. The van der Waals surface area contributed by atoms with Crippen LogP contribution in [0.5, 0.6) is 5.75 Å². The number of aliphatic hydroxyl groups excluding tert-OH is 1. The van der Waals surface area contributed by atoms with Crippen molar-refractivity contribution in [3.8, 4) is 5.75 Å². The third-order valence-electron chi connectivity index (χ3n) is 3.11. The summed E-state index contributed by atoms with van der Waals surface area (Å²) in [7, 11) is 0. The normalized spacial score (nSPS) is 14.1. The molecule has 2 N–H and O–H groups in total. The molecule has 0 aromatic heterocycles. The largest absolute Gasteiger partial charge is 0.494 e. The molecule has 0 heterocycles. The van der Waals surface area contributed by atoms with Crippen molar-refractivity contribution in [2.75, 3.05) is 19.8 Å². The van der Waals surface area contributed by atoms with Crippen molar-refractivity contribution in [2.24, 2.45) is 0 Å². The van der Waals surface area contributed by atoms with Gasteiger partial charge < -0.3 is 15.2 Å². The van der Waals surface area contributed by atoms with E-state index in [1.807, 2.05) is 6.92 Å². The molecule has 0 aliphatic rings. The zero-order valence-electron chi connectivity index (χ0n) is 11.8. The van der Waals surface area contributed by atoms with E-state index in [2.05, 4.69) is 12.2 Å². The SMILES string of the molecule is CCCNC(C)(CO)CCCOc1ccc(F)cc1. The predicted octanol–water partition coefficient (Wildman–Crippen LogP) is 2.74. The molecular weight excluding hydrogens is 245 g/mol. The highest BCUT2D eigenvalue weighted by atomic mass is 19.1. The summed E-state index contributed by atoms with van der Waals surface area (Å²) in [5, 5.41) is 12.8. The molecule has 108 valence electrons. The van der Waals surface area contributed by atoms with E-state index in [4.69, 9.17) is 4.74 Å². The van der Waals surface area contributed by atoms with Crippen LogP contribution >= 0.6 is 0 Å². The molecule has 1 aromatic carbocycles. The second-order valence-electron chi connectivity index (χ2n) is 5.05. The number of nitrogens with one attached hydrogen (secondary N) is 1. The Balaban J connectivity index is 2.26. The van der Waals surface area contributed by atoms with E-state index in [0.717, 1.165) is 25.8 Å². The van der Waals surface area contributed by atoms with Gasteiger partial charge in [0, 0.05) is 5.54 Å². The average Bonchev–Trinajstić information content (AvgIpc) is 2.43.